The van der Waals surface area contributed by atoms with Gasteiger partial charge in [0, 0.05) is 45.1 Å². The fraction of sp³-hybridized carbons (Fsp3) is 0.846. The molecule has 2 fully saturated rings. The van der Waals surface area contributed by atoms with Crippen LogP contribution in [0.25, 0.3) is 0 Å². The molecule has 18 heavy (non-hydrogen) atoms. The fourth-order valence-electron chi connectivity index (χ4n) is 2.17. The number of amides is 2. The Morgan fingerprint density at radius 2 is 1.72 bits per heavy atom. The summed E-state index contributed by atoms with van der Waals surface area (Å²) in [5.41, 5.74) is 0. The van der Waals surface area contributed by atoms with E-state index in [0.29, 0.717) is 32.0 Å². The highest BCUT2D eigenvalue weighted by molar-refractivity contribution is 5.77. The summed E-state index contributed by atoms with van der Waals surface area (Å²) in [6.07, 6.45) is 5.59. The third kappa shape index (κ3) is 4.64. The molecule has 102 valence electrons. The number of nitrogens with zero attached hydrogens (tertiary/aromatic N) is 1. The van der Waals surface area contributed by atoms with Gasteiger partial charge in [-0.2, -0.15) is 0 Å². The van der Waals surface area contributed by atoms with Gasteiger partial charge in [0.2, 0.25) is 11.8 Å². The molecule has 1 saturated carbocycles. The van der Waals surface area contributed by atoms with E-state index in [4.69, 9.17) is 0 Å². The first-order valence-electron chi connectivity index (χ1n) is 7.03. The molecule has 1 heterocycles. The number of nitrogens with one attached hydrogen (secondary N) is 2. The summed E-state index contributed by atoms with van der Waals surface area (Å²) in [6, 6.07) is 0.439. The first kappa shape index (κ1) is 13.3. The highest BCUT2D eigenvalue weighted by Crippen LogP contribution is 2.18. The van der Waals surface area contributed by atoms with Crippen LogP contribution in [0.15, 0.2) is 0 Å². The van der Waals surface area contributed by atoms with Crippen molar-refractivity contribution in [1.29, 1.82) is 0 Å². The topological polar surface area (TPSA) is 61.4 Å². The van der Waals surface area contributed by atoms with Crippen LogP contribution in [0.3, 0.4) is 0 Å². The monoisotopic (exact) mass is 253 g/mol. The summed E-state index contributed by atoms with van der Waals surface area (Å²) < 4.78 is 0. The second kappa shape index (κ2) is 6.73. The van der Waals surface area contributed by atoms with Gasteiger partial charge in [-0.1, -0.05) is 0 Å². The zero-order valence-electron chi connectivity index (χ0n) is 10.9. The van der Waals surface area contributed by atoms with Crippen LogP contribution in [0.5, 0.6) is 0 Å². The van der Waals surface area contributed by atoms with Crippen molar-refractivity contribution in [3.05, 3.63) is 0 Å². The summed E-state index contributed by atoms with van der Waals surface area (Å²) >= 11 is 0. The largest absolute Gasteiger partial charge is 0.353 e. The maximum absolute atomic E-state index is 11.7. The van der Waals surface area contributed by atoms with Gasteiger partial charge < -0.3 is 15.5 Å². The summed E-state index contributed by atoms with van der Waals surface area (Å²) in [6.45, 7) is 3.17. The van der Waals surface area contributed by atoms with Crippen molar-refractivity contribution in [2.45, 2.75) is 44.6 Å². The van der Waals surface area contributed by atoms with Crippen LogP contribution in [0.2, 0.25) is 0 Å². The maximum atomic E-state index is 11.7. The highest BCUT2D eigenvalue weighted by Gasteiger charge is 2.22. The quantitative estimate of drug-likeness (QED) is 0.640. The minimum absolute atomic E-state index is 0.121. The van der Waals surface area contributed by atoms with Crippen LogP contribution in [0.4, 0.5) is 0 Å². The molecular formula is C13H23N3O2. The van der Waals surface area contributed by atoms with E-state index < -0.39 is 0 Å². The molecule has 2 N–H and O–H groups in total. The molecule has 5 heteroatoms. The Balaban J connectivity index is 1.45. The second-order valence-corrected chi connectivity index (χ2v) is 5.18. The van der Waals surface area contributed by atoms with Crippen LogP contribution < -0.4 is 10.6 Å². The van der Waals surface area contributed by atoms with Crippen LogP contribution in [0.1, 0.15) is 38.5 Å². The smallest absolute Gasteiger partial charge is 0.223 e. The molecule has 1 aliphatic heterocycles. The van der Waals surface area contributed by atoms with E-state index in [1.807, 2.05) is 4.90 Å². The molecule has 0 radical (unpaired) electrons. The van der Waals surface area contributed by atoms with Crippen LogP contribution in [-0.4, -0.2) is 48.9 Å². The number of rotatable bonds is 7. The lowest BCUT2D eigenvalue weighted by molar-refractivity contribution is -0.130. The minimum Gasteiger partial charge on any atom is -0.353 e. The van der Waals surface area contributed by atoms with Gasteiger partial charge in [-0.15, -0.1) is 0 Å². The highest BCUT2D eigenvalue weighted by atomic mass is 16.2. The van der Waals surface area contributed by atoms with Crippen LogP contribution in [-0.2, 0) is 9.59 Å². The molecular weight excluding hydrogens is 230 g/mol. The molecule has 2 rings (SSSR count). The standard InChI is InChI=1S/C13H23N3O2/c17-12(15-11-3-4-11)5-7-14-8-6-13(18)16-9-1-2-10-16/h11,14H,1-10H2,(H,15,17). The summed E-state index contributed by atoms with van der Waals surface area (Å²) in [5.74, 6) is 0.360. The lowest BCUT2D eigenvalue weighted by Gasteiger charge is -2.15. The average Bonchev–Trinajstić information content (AvgIpc) is 2.98. The van der Waals surface area contributed by atoms with E-state index in [0.717, 1.165) is 38.8 Å². The molecule has 0 spiro atoms. The van der Waals surface area contributed by atoms with E-state index in [1.54, 1.807) is 0 Å². The number of carbonyl (C=O) groups is 2. The van der Waals surface area contributed by atoms with E-state index in [-0.39, 0.29) is 11.8 Å². The summed E-state index contributed by atoms with van der Waals surface area (Å²) in [7, 11) is 0. The van der Waals surface area contributed by atoms with Gasteiger partial charge in [-0.3, -0.25) is 9.59 Å². The average molecular weight is 253 g/mol. The van der Waals surface area contributed by atoms with Crippen molar-refractivity contribution in [1.82, 2.24) is 15.5 Å². The van der Waals surface area contributed by atoms with Crippen molar-refractivity contribution >= 4 is 11.8 Å². The SMILES string of the molecule is O=C(CCNCCC(=O)N1CCCC1)NC1CC1. The molecule has 0 atom stereocenters. The molecule has 1 saturated heterocycles. The molecule has 0 aromatic heterocycles. The van der Waals surface area contributed by atoms with E-state index >= 15 is 0 Å². The number of hydrogen-bond donors (Lipinski definition) is 2. The molecule has 0 unspecified atom stereocenters. The van der Waals surface area contributed by atoms with Gasteiger partial charge in [-0.05, 0) is 25.7 Å². The number of hydrogen-bond acceptors (Lipinski definition) is 3. The third-order valence-electron chi connectivity index (χ3n) is 3.45. The fourth-order valence-corrected chi connectivity index (χ4v) is 2.17. The molecule has 0 aromatic rings. The van der Waals surface area contributed by atoms with Crippen molar-refractivity contribution in [3.8, 4) is 0 Å². The summed E-state index contributed by atoms with van der Waals surface area (Å²) in [5, 5.41) is 6.10. The Morgan fingerprint density at radius 3 is 2.39 bits per heavy atom. The lowest BCUT2D eigenvalue weighted by Crippen LogP contribution is -2.32. The number of likely N-dealkylation sites (tertiary alicyclic amines) is 1. The molecule has 5 nitrogen and oxygen atoms in total. The normalized spacial score (nSPS) is 19.0. The lowest BCUT2D eigenvalue weighted by atomic mass is 10.3. The van der Waals surface area contributed by atoms with Gasteiger partial charge in [0.25, 0.3) is 0 Å². The Hall–Kier alpha value is -1.10. The molecule has 0 aromatic carbocycles. The van der Waals surface area contributed by atoms with Gasteiger partial charge in [0.1, 0.15) is 0 Å². The van der Waals surface area contributed by atoms with Crippen molar-refractivity contribution in [3.63, 3.8) is 0 Å². The first-order chi connectivity index (χ1) is 8.75. The molecule has 2 amide bonds. The molecule has 2 aliphatic rings. The van der Waals surface area contributed by atoms with Gasteiger partial charge in [0.15, 0.2) is 0 Å². The zero-order valence-corrected chi connectivity index (χ0v) is 10.9. The van der Waals surface area contributed by atoms with Gasteiger partial charge in [0.05, 0.1) is 0 Å². The zero-order chi connectivity index (χ0) is 12.8. The molecule has 0 bridgehead atoms. The van der Waals surface area contributed by atoms with Gasteiger partial charge in [-0.25, -0.2) is 0 Å². The Kier molecular flexibility index (Phi) is 4.99. The van der Waals surface area contributed by atoms with Crippen molar-refractivity contribution in [2.75, 3.05) is 26.2 Å². The van der Waals surface area contributed by atoms with Crippen molar-refractivity contribution < 1.29 is 9.59 Å². The Labute approximate surface area is 108 Å². The molecule has 1 aliphatic carbocycles. The van der Waals surface area contributed by atoms with Crippen LogP contribution in [0, 0.1) is 0 Å². The Bertz CT molecular complexity index is 297. The maximum Gasteiger partial charge on any atom is 0.223 e. The second-order valence-electron chi connectivity index (χ2n) is 5.18. The predicted octanol–water partition coefficient (Wildman–Crippen LogP) is 0.257. The van der Waals surface area contributed by atoms with E-state index in [2.05, 4.69) is 10.6 Å². The van der Waals surface area contributed by atoms with Crippen LogP contribution >= 0.6 is 0 Å². The van der Waals surface area contributed by atoms with E-state index in [9.17, 15) is 9.59 Å². The predicted molar refractivity (Wildman–Crippen MR) is 69.1 cm³/mol. The van der Waals surface area contributed by atoms with E-state index in [1.165, 1.54) is 0 Å². The number of carbonyl (C=O) groups excluding carboxylic acids is 2. The third-order valence-corrected chi connectivity index (χ3v) is 3.45. The summed E-state index contributed by atoms with van der Waals surface area (Å²) in [4.78, 5) is 25.0. The van der Waals surface area contributed by atoms with Crippen molar-refractivity contribution in [2.24, 2.45) is 0 Å². The Morgan fingerprint density at radius 1 is 1.06 bits per heavy atom. The van der Waals surface area contributed by atoms with Gasteiger partial charge >= 0.3 is 0 Å². The first-order valence-corrected chi connectivity index (χ1v) is 7.03. The minimum atomic E-state index is 0.121.